The van der Waals surface area contributed by atoms with Crippen molar-refractivity contribution in [1.82, 2.24) is 4.90 Å². The van der Waals surface area contributed by atoms with Gasteiger partial charge in [0.1, 0.15) is 0 Å². The van der Waals surface area contributed by atoms with Crippen molar-refractivity contribution < 1.29 is 4.79 Å². The van der Waals surface area contributed by atoms with Gasteiger partial charge in [-0.2, -0.15) is 0 Å². The van der Waals surface area contributed by atoms with E-state index in [0.717, 1.165) is 30.5 Å². The minimum atomic E-state index is 0. The average Bonchev–Trinajstić information content (AvgIpc) is 2.77. The van der Waals surface area contributed by atoms with Gasteiger partial charge in [-0.25, -0.2) is 0 Å². The van der Waals surface area contributed by atoms with Crippen LogP contribution in [0, 0.1) is 6.92 Å². The van der Waals surface area contributed by atoms with Crippen LogP contribution in [0.1, 0.15) is 28.8 Å². The highest BCUT2D eigenvalue weighted by Gasteiger charge is 2.28. The zero-order valence-corrected chi connectivity index (χ0v) is 10.9. The van der Waals surface area contributed by atoms with Crippen LogP contribution in [0.15, 0.2) is 24.3 Å². The molecule has 3 nitrogen and oxygen atoms in total. The second kappa shape index (κ2) is 6.03. The molecule has 1 aliphatic heterocycles. The van der Waals surface area contributed by atoms with Crippen LogP contribution in [0.4, 0.5) is 0 Å². The summed E-state index contributed by atoms with van der Waals surface area (Å²) in [6.45, 7) is 3.38. The van der Waals surface area contributed by atoms with Gasteiger partial charge in [0.05, 0.1) is 0 Å². The zero-order valence-electron chi connectivity index (χ0n) is 10.1. The zero-order chi connectivity index (χ0) is 11.5. The number of hydrogen-bond acceptors (Lipinski definition) is 2. The highest BCUT2D eigenvalue weighted by Crippen LogP contribution is 2.20. The van der Waals surface area contributed by atoms with Crippen LogP contribution in [0.25, 0.3) is 0 Å². The molecule has 1 heterocycles. The number of nitrogens with two attached hydrogens (primary N) is 1. The van der Waals surface area contributed by atoms with Crippen molar-refractivity contribution >= 4 is 18.3 Å². The van der Waals surface area contributed by atoms with E-state index in [1.165, 1.54) is 0 Å². The number of carbonyl (C=O) groups excluding carboxylic acids is 1. The predicted molar refractivity (Wildman–Crippen MR) is 71.5 cm³/mol. The molecule has 1 amide bonds. The number of likely N-dealkylation sites (tertiary alicyclic amines) is 1. The van der Waals surface area contributed by atoms with Crippen molar-refractivity contribution in [2.45, 2.75) is 25.8 Å². The van der Waals surface area contributed by atoms with Crippen molar-refractivity contribution in [2.75, 3.05) is 13.1 Å². The second-order valence-corrected chi connectivity index (χ2v) is 4.35. The fourth-order valence-electron chi connectivity index (χ4n) is 2.32. The van der Waals surface area contributed by atoms with Crippen molar-refractivity contribution in [3.05, 3.63) is 35.4 Å². The Morgan fingerprint density at radius 3 is 2.82 bits per heavy atom. The van der Waals surface area contributed by atoms with E-state index in [4.69, 9.17) is 5.73 Å². The molecule has 0 saturated carbocycles. The number of halogens is 1. The molecule has 1 aromatic carbocycles. The Morgan fingerprint density at radius 1 is 1.47 bits per heavy atom. The van der Waals surface area contributed by atoms with Gasteiger partial charge in [0, 0.05) is 24.7 Å². The standard InChI is InChI=1S/C13H18N2O.ClH/c1-10-5-2-3-7-12(10)13(16)15-8-4-6-11(15)9-14;/h2-3,5,7,11H,4,6,8-9,14H2,1H3;1H. The maximum Gasteiger partial charge on any atom is 0.254 e. The molecule has 17 heavy (non-hydrogen) atoms. The molecule has 1 unspecified atom stereocenters. The summed E-state index contributed by atoms with van der Waals surface area (Å²) < 4.78 is 0. The highest BCUT2D eigenvalue weighted by atomic mass is 35.5. The van der Waals surface area contributed by atoms with Gasteiger partial charge in [0.2, 0.25) is 0 Å². The van der Waals surface area contributed by atoms with Gasteiger partial charge in [0.25, 0.3) is 5.91 Å². The van der Waals surface area contributed by atoms with Crippen LogP contribution < -0.4 is 5.73 Å². The van der Waals surface area contributed by atoms with Gasteiger partial charge in [-0.15, -0.1) is 12.4 Å². The van der Waals surface area contributed by atoms with Crippen LogP contribution in [0.5, 0.6) is 0 Å². The molecule has 0 aliphatic carbocycles. The molecule has 94 valence electrons. The summed E-state index contributed by atoms with van der Waals surface area (Å²) in [6.07, 6.45) is 2.10. The average molecular weight is 255 g/mol. The van der Waals surface area contributed by atoms with Gasteiger partial charge in [-0.05, 0) is 31.4 Å². The Labute approximate surface area is 108 Å². The van der Waals surface area contributed by atoms with Crippen molar-refractivity contribution in [1.29, 1.82) is 0 Å². The molecular weight excluding hydrogens is 236 g/mol. The maximum atomic E-state index is 12.3. The molecule has 1 saturated heterocycles. The number of aryl methyl sites for hydroxylation is 1. The Hall–Kier alpha value is -1.06. The van der Waals surface area contributed by atoms with E-state index in [0.29, 0.717) is 6.54 Å². The third-order valence-electron chi connectivity index (χ3n) is 3.29. The van der Waals surface area contributed by atoms with Crippen LogP contribution >= 0.6 is 12.4 Å². The molecule has 2 rings (SSSR count). The molecule has 0 radical (unpaired) electrons. The van der Waals surface area contributed by atoms with Gasteiger partial charge in [0.15, 0.2) is 0 Å². The lowest BCUT2D eigenvalue weighted by Gasteiger charge is -2.24. The molecule has 0 bridgehead atoms. The van der Waals surface area contributed by atoms with E-state index in [9.17, 15) is 4.79 Å². The summed E-state index contributed by atoms with van der Waals surface area (Å²) in [5.41, 5.74) is 7.53. The lowest BCUT2D eigenvalue weighted by molar-refractivity contribution is 0.0740. The van der Waals surface area contributed by atoms with Gasteiger partial charge in [-0.1, -0.05) is 18.2 Å². The largest absolute Gasteiger partial charge is 0.334 e. The Morgan fingerprint density at radius 2 is 2.18 bits per heavy atom. The fourth-order valence-corrected chi connectivity index (χ4v) is 2.32. The first kappa shape index (κ1) is 14.0. The van der Waals surface area contributed by atoms with E-state index in [1.54, 1.807) is 0 Å². The van der Waals surface area contributed by atoms with E-state index < -0.39 is 0 Å². The second-order valence-electron chi connectivity index (χ2n) is 4.35. The van der Waals surface area contributed by atoms with E-state index in [1.807, 2.05) is 36.1 Å². The predicted octanol–water partition coefficient (Wildman–Crippen LogP) is 1.98. The molecule has 1 fully saturated rings. The Kier molecular flexibility index (Phi) is 4.97. The Bertz CT molecular complexity index is 395. The molecule has 4 heteroatoms. The number of nitrogens with zero attached hydrogens (tertiary/aromatic N) is 1. The number of carbonyl (C=O) groups is 1. The fraction of sp³-hybridized carbons (Fsp3) is 0.462. The third kappa shape index (κ3) is 2.79. The van der Waals surface area contributed by atoms with E-state index in [-0.39, 0.29) is 24.4 Å². The quantitative estimate of drug-likeness (QED) is 0.877. The SMILES string of the molecule is Cc1ccccc1C(=O)N1CCCC1CN.Cl. The molecule has 0 spiro atoms. The van der Waals surface area contributed by atoms with E-state index in [2.05, 4.69) is 0 Å². The molecule has 2 N–H and O–H groups in total. The molecule has 1 aliphatic rings. The summed E-state index contributed by atoms with van der Waals surface area (Å²) in [5, 5.41) is 0. The number of benzene rings is 1. The van der Waals surface area contributed by atoms with Crippen molar-refractivity contribution in [3.8, 4) is 0 Å². The van der Waals surface area contributed by atoms with Gasteiger partial charge < -0.3 is 10.6 Å². The number of rotatable bonds is 2. The number of hydrogen-bond donors (Lipinski definition) is 1. The smallest absolute Gasteiger partial charge is 0.254 e. The van der Waals surface area contributed by atoms with Crippen LogP contribution in [0.3, 0.4) is 0 Å². The van der Waals surface area contributed by atoms with Crippen LogP contribution in [0.2, 0.25) is 0 Å². The molecular formula is C13H19ClN2O. The van der Waals surface area contributed by atoms with Crippen molar-refractivity contribution in [2.24, 2.45) is 5.73 Å². The van der Waals surface area contributed by atoms with Crippen molar-refractivity contribution in [3.63, 3.8) is 0 Å². The molecule has 1 aromatic rings. The minimum Gasteiger partial charge on any atom is -0.334 e. The lowest BCUT2D eigenvalue weighted by Crippen LogP contribution is -2.40. The third-order valence-corrected chi connectivity index (χ3v) is 3.29. The van der Waals surface area contributed by atoms with Gasteiger partial charge in [-0.3, -0.25) is 4.79 Å². The highest BCUT2D eigenvalue weighted by molar-refractivity contribution is 5.96. The van der Waals surface area contributed by atoms with E-state index >= 15 is 0 Å². The monoisotopic (exact) mass is 254 g/mol. The van der Waals surface area contributed by atoms with Crippen LogP contribution in [-0.4, -0.2) is 29.9 Å². The summed E-state index contributed by atoms with van der Waals surface area (Å²) >= 11 is 0. The normalized spacial score (nSPS) is 18.9. The van der Waals surface area contributed by atoms with Crippen LogP contribution in [-0.2, 0) is 0 Å². The lowest BCUT2D eigenvalue weighted by atomic mass is 10.1. The summed E-state index contributed by atoms with van der Waals surface area (Å²) in [7, 11) is 0. The molecule has 0 aromatic heterocycles. The van der Waals surface area contributed by atoms with Gasteiger partial charge >= 0.3 is 0 Å². The minimum absolute atomic E-state index is 0. The summed E-state index contributed by atoms with van der Waals surface area (Å²) in [4.78, 5) is 14.2. The summed E-state index contributed by atoms with van der Waals surface area (Å²) in [6, 6.07) is 7.96. The summed E-state index contributed by atoms with van der Waals surface area (Å²) in [5.74, 6) is 0.131. The number of amides is 1. The first-order valence-electron chi connectivity index (χ1n) is 5.80. The first-order chi connectivity index (χ1) is 7.74. The molecule has 1 atom stereocenters. The topological polar surface area (TPSA) is 46.3 Å². The maximum absolute atomic E-state index is 12.3. The Balaban J connectivity index is 0.00000144. The first-order valence-corrected chi connectivity index (χ1v) is 5.80.